The summed E-state index contributed by atoms with van der Waals surface area (Å²) in [6.07, 6.45) is 4.20. The van der Waals surface area contributed by atoms with Gasteiger partial charge in [0.05, 0.1) is 0 Å². The van der Waals surface area contributed by atoms with Gasteiger partial charge in [0.1, 0.15) is 12.4 Å². The van der Waals surface area contributed by atoms with E-state index in [0.29, 0.717) is 6.54 Å². The number of amides is 1. The molecule has 0 fully saturated rings. The van der Waals surface area contributed by atoms with Gasteiger partial charge in [0.25, 0.3) is 0 Å². The molecule has 0 saturated carbocycles. The normalized spacial score (nSPS) is 12.4. The maximum absolute atomic E-state index is 12.0. The first-order valence-corrected chi connectivity index (χ1v) is 6.81. The second-order valence-electron chi connectivity index (χ2n) is 4.87. The third-order valence-corrected chi connectivity index (χ3v) is 3.51. The summed E-state index contributed by atoms with van der Waals surface area (Å²) >= 11 is 0. The molecule has 3 rings (SSSR count). The molecule has 0 aliphatic carbocycles. The SMILES string of the molecule is C[C@@H](C(=O)NCCc1c[nH]c2ccccc12)n1cnnn1. The zero-order valence-corrected chi connectivity index (χ0v) is 11.7. The quantitative estimate of drug-likeness (QED) is 0.733. The van der Waals surface area contributed by atoms with Crippen molar-refractivity contribution in [1.29, 1.82) is 0 Å². The van der Waals surface area contributed by atoms with E-state index in [1.54, 1.807) is 6.92 Å². The van der Waals surface area contributed by atoms with Gasteiger partial charge in [0.2, 0.25) is 5.91 Å². The zero-order valence-electron chi connectivity index (χ0n) is 11.7. The highest BCUT2D eigenvalue weighted by Crippen LogP contribution is 2.17. The van der Waals surface area contributed by atoms with E-state index < -0.39 is 6.04 Å². The molecule has 0 unspecified atom stereocenters. The molecule has 108 valence electrons. The number of carbonyl (C=O) groups excluding carboxylic acids is 1. The van der Waals surface area contributed by atoms with E-state index in [1.807, 2.05) is 24.4 Å². The van der Waals surface area contributed by atoms with Gasteiger partial charge in [0, 0.05) is 23.6 Å². The van der Waals surface area contributed by atoms with Gasteiger partial charge in [-0.15, -0.1) is 5.10 Å². The molecule has 0 radical (unpaired) electrons. The van der Waals surface area contributed by atoms with Crippen LogP contribution in [0.4, 0.5) is 0 Å². The Labute approximate surface area is 121 Å². The van der Waals surface area contributed by atoms with E-state index in [4.69, 9.17) is 0 Å². The number of hydrogen-bond donors (Lipinski definition) is 2. The van der Waals surface area contributed by atoms with Crippen molar-refractivity contribution in [3.8, 4) is 0 Å². The van der Waals surface area contributed by atoms with Crippen molar-refractivity contribution in [2.75, 3.05) is 6.54 Å². The third-order valence-electron chi connectivity index (χ3n) is 3.51. The Hall–Kier alpha value is -2.70. The van der Waals surface area contributed by atoms with Crippen LogP contribution in [0.2, 0.25) is 0 Å². The van der Waals surface area contributed by atoms with Crippen molar-refractivity contribution >= 4 is 16.8 Å². The summed E-state index contributed by atoms with van der Waals surface area (Å²) in [6.45, 7) is 2.34. The van der Waals surface area contributed by atoms with Crippen LogP contribution in [0.3, 0.4) is 0 Å². The van der Waals surface area contributed by atoms with Crippen LogP contribution >= 0.6 is 0 Å². The number of carbonyl (C=O) groups is 1. The first kappa shape index (κ1) is 13.3. The second kappa shape index (κ2) is 5.74. The van der Waals surface area contributed by atoms with E-state index >= 15 is 0 Å². The molecule has 1 aromatic carbocycles. The minimum absolute atomic E-state index is 0.0952. The van der Waals surface area contributed by atoms with Gasteiger partial charge < -0.3 is 10.3 Å². The number of H-pyrrole nitrogens is 1. The lowest BCUT2D eigenvalue weighted by Crippen LogP contribution is -2.32. The maximum atomic E-state index is 12.0. The molecule has 7 heteroatoms. The summed E-state index contributed by atoms with van der Waals surface area (Å²) in [6, 6.07) is 7.71. The lowest BCUT2D eigenvalue weighted by molar-refractivity contribution is -0.124. The summed E-state index contributed by atoms with van der Waals surface area (Å²) in [5, 5.41) is 14.9. The minimum Gasteiger partial charge on any atom is -0.361 e. The van der Waals surface area contributed by atoms with Gasteiger partial charge in [-0.3, -0.25) is 4.79 Å². The fraction of sp³-hybridized carbons (Fsp3) is 0.286. The van der Waals surface area contributed by atoms with Crippen molar-refractivity contribution in [2.45, 2.75) is 19.4 Å². The van der Waals surface area contributed by atoms with E-state index in [1.165, 1.54) is 22.0 Å². The Kier molecular flexibility index (Phi) is 3.63. The van der Waals surface area contributed by atoms with E-state index in [0.717, 1.165) is 11.9 Å². The monoisotopic (exact) mass is 284 g/mol. The van der Waals surface area contributed by atoms with Crippen molar-refractivity contribution in [3.05, 3.63) is 42.4 Å². The molecule has 0 aliphatic heterocycles. The Bertz CT molecular complexity index is 733. The summed E-state index contributed by atoms with van der Waals surface area (Å²) < 4.78 is 1.43. The Balaban J connectivity index is 1.57. The molecule has 0 aliphatic rings. The number of fused-ring (bicyclic) bond motifs is 1. The molecule has 0 spiro atoms. The number of aromatic nitrogens is 5. The molecule has 1 atom stereocenters. The smallest absolute Gasteiger partial charge is 0.244 e. The summed E-state index contributed by atoms with van der Waals surface area (Å²) in [7, 11) is 0. The lowest BCUT2D eigenvalue weighted by Gasteiger charge is -2.11. The van der Waals surface area contributed by atoms with Crippen molar-refractivity contribution < 1.29 is 4.79 Å². The van der Waals surface area contributed by atoms with Crippen LogP contribution in [0.15, 0.2) is 36.8 Å². The van der Waals surface area contributed by atoms with Crippen LogP contribution in [-0.4, -0.2) is 37.6 Å². The molecule has 3 aromatic rings. The highest BCUT2D eigenvalue weighted by atomic mass is 16.2. The molecule has 2 heterocycles. The molecular weight excluding hydrogens is 268 g/mol. The number of hydrogen-bond acceptors (Lipinski definition) is 4. The van der Waals surface area contributed by atoms with E-state index in [-0.39, 0.29) is 5.91 Å². The molecule has 0 bridgehead atoms. The topological polar surface area (TPSA) is 88.5 Å². The number of tetrazole rings is 1. The highest BCUT2D eigenvalue weighted by molar-refractivity contribution is 5.83. The first-order chi connectivity index (χ1) is 10.3. The van der Waals surface area contributed by atoms with Gasteiger partial charge in [0.15, 0.2) is 0 Å². The fourth-order valence-electron chi connectivity index (χ4n) is 2.27. The number of rotatable bonds is 5. The van der Waals surface area contributed by atoms with Gasteiger partial charge in [-0.25, -0.2) is 4.68 Å². The zero-order chi connectivity index (χ0) is 14.7. The fourth-order valence-corrected chi connectivity index (χ4v) is 2.27. The van der Waals surface area contributed by atoms with Crippen molar-refractivity contribution in [3.63, 3.8) is 0 Å². The summed E-state index contributed by atoms with van der Waals surface area (Å²) in [5.74, 6) is -0.0952. The summed E-state index contributed by atoms with van der Waals surface area (Å²) in [4.78, 5) is 15.2. The van der Waals surface area contributed by atoms with Crippen LogP contribution in [0.25, 0.3) is 10.9 Å². The predicted octanol–water partition coefficient (Wildman–Crippen LogP) is 1.07. The molecule has 2 N–H and O–H groups in total. The third kappa shape index (κ3) is 2.76. The van der Waals surface area contributed by atoms with Crippen molar-refractivity contribution in [1.82, 2.24) is 30.5 Å². The molecule has 1 amide bonds. The number of nitrogens with one attached hydrogen (secondary N) is 2. The maximum Gasteiger partial charge on any atom is 0.244 e. The highest BCUT2D eigenvalue weighted by Gasteiger charge is 2.15. The van der Waals surface area contributed by atoms with Gasteiger partial charge in [-0.05, 0) is 35.4 Å². The Morgan fingerprint density at radius 1 is 1.43 bits per heavy atom. The van der Waals surface area contributed by atoms with Crippen LogP contribution in [0.5, 0.6) is 0 Å². The largest absolute Gasteiger partial charge is 0.361 e. The molecule has 2 aromatic heterocycles. The van der Waals surface area contributed by atoms with Crippen LogP contribution in [0.1, 0.15) is 18.5 Å². The van der Waals surface area contributed by atoms with Gasteiger partial charge in [-0.2, -0.15) is 0 Å². The number of para-hydroxylation sites is 1. The average Bonchev–Trinajstić information content (AvgIpc) is 3.16. The van der Waals surface area contributed by atoms with Crippen LogP contribution in [0, 0.1) is 0 Å². The number of nitrogens with zero attached hydrogens (tertiary/aromatic N) is 4. The Morgan fingerprint density at radius 3 is 3.10 bits per heavy atom. The molecule has 7 nitrogen and oxygen atoms in total. The minimum atomic E-state index is -0.414. The van der Waals surface area contributed by atoms with E-state index in [9.17, 15) is 4.79 Å². The Morgan fingerprint density at radius 2 is 2.29 bits per heavy atom. The number of benzene rings is 1. The molecule has 21 heavy (non-hydrogen) atoms. The van der Waals surface area contributed by atoms with Gasteiger partial charge in [-0.1, -0.05) is 18.2 Å². The van der Waals surface area contributed by atoms with Crippen LogP contribution in [-0.2, 0) is 11.2 Å². The first-order valence-electron chi connectivity index (χ1n) is 6.81. The average molecular weight is 284 g/mol. The predicted molar refractivity (Wildman–Crippen MR) is 77.5 cm³/mol. The van der Waals surface area contributed by atoms with E-state index in [2.05, 4.69) is 31.9 Å². The standard InChI is InChI=1S/C14H16N6O/c1-10(20-9-17-18-19-20)14(21)15-7-6-11-8-16-13-5-3-2-4-12(11)13/h2-5,8-10,16H,6-7H2,1H3,(H,15,21)/t10-/m0/s1. The lowest BCUT2D eigenvalue weighted by atomic mass is 10.1. The van der Waals surface area contributed by atoms with Crippen molar-refractivity contribution in [2.24, 2.45) is 0 Å². The van der Waals surface area contributed by atoms with Gasteiger partial charge >= 0.3 is 0 Å². The van der Waals surface area contributed by atoms with Crippen LogP contribution < -0.4 is 5.32 Å². The second-order valence-corrected chi connectivity index (χ2v) is 4.87. The summed E-state index contributed by atoms with van der Waals surface area (Å²) in [5.41, 5.74) is 2.31. The molecular formula is C14H16N6O. The molecule has 0 saturated heterocycles. The number of aromatic amines is 1.